The van der Waals surface area contributed by atoms with Gasteiger partial charge in [0.05, 0.1) is 13.2 Å². The van der Waals surface area contributed by atoms with E-state index in [0.29, 0.717) is 13.2 Å². The predicted molar refractivity (Wildman–Crippen MR) is 292 cm³/mol. The molecule has 0 saturated heterocycles. The second-order valence-corrected chi connectivity index (χ2v) is 22.7. The molecule has 0 aromatic heterocycles. The molecule has 0 heterocycles. The smallest absolute Gasteiger partial charge is 0.302 e. The molecular formula is C60H123O4P. The zero-order chi connectivity index (χ0) is 46.9. The van der Waals surface area contributed by atoms with Crippen LogP contribution in [0.1, 0.15) is 373 Å². The number of phosphoric acid groups is 1. The lowest BCUT2D eigenvalue weighted by Gasteiger charge is -2.12. The molecule has 0 saturated carbocycles. The third-order valence-corrected chi connectivity index (χ3v) is 15.5. The zero-order valence-corrected chi connectivity index (χ0v) is 46.0. The molecule has 392 valence electrons. The maximum atomic E-state index is 12.2. The highest BCUT2D eigenvalue weighted by atomic mass is 31.2. The van der Waals surface area contributed by atoms with Crippen LogP contribution in [-0.2, 0) is 13.6 Å². The summed E-state index contributed by atoms with van der Waals surface area (Å²) in [6.45, 7) is 5.26. The average Bonchev–Trinajstić information content (AvgIpc) is 3.30. The van der Waals surface area contributed by atoms with Crippen LogP contribution in [0.4, 0.5) is 0 Å². The lowest BCUT2D eigenvalue weighted by molar-refractivity contribution is 0.145. The Kier molecular flexibility index (Phi) is 58.5. The van der Waals surface area contributed by atoms with Crippen molar-refractivity contribution < 1.29 is 18.5 Å². The summed E-state index contributed by atoms with van der Waals surface area (Å²) in [6.07, 6.45) is 77.7. The van der Waals surface area contributed by atoms with Crippen LogP contribution in [0.25, 0.3) is 0 Å². The number of phosphoric ester groups is 1. The van der Waals surface area contributed by atoms with Gasteiger partial charge in [-0.25, -0.2) is 4.57 Å². The van der Waals surface area contributed by atoms with Crippen LogP contribution in [0, 0.1) is 0 Å². The third kappa shape index (κ3) is 60.2. The molecule has 0 aromatic rings. The van der Waals surface area contributed by atoms with Gasteiger partial charge in [-0.1, -0.05) is 361 Å². The highest BCUT2D eigenvalue weighted by molar-refractivity contribution is 7.47. The van der Waals surface area contributed by atoms with Crippen LogP contribution in [-0.4, -0.2) is 18.1 Å². The van der Waals surface area contributed by atoms with E-state index in [9.17, 15) is 9.46 Å². The fourth-order valence-corrected chi connectivity index (χ4v) is 10.7. The molecule has 0 bridgehead atoms. The third-order valence-electron chi connectivity index (χ3n) is 14.5. The first-order valence-corrected chi connectivity index (χ1v) is 32.2. The SMILES string of the molecule is CCCCCCCCCCCCCCCCCCCCCCCCCCCCCCOP(=O)(O)OCCCCCCCCCCCCCCCCCCCCCCCCCCCCCC. The van der Waals surface area contributed by atoms with E-state index < -0.39 is 7.82 Å². The Morgan fingerprint density at radius 2 is 0.323 bits per heavy atom. The van der Waals surface area contributed by atoms with Crippen LogP contribution >= 0.6 is 7.82 Å². The molecule has 0 aromatic carbocycles. The quantitative estimate of drug-likeness (QED) is 0.0488. The molecular weight excluding hydrogens is 816 g/mol. The summed E-state index contributed by atoms with van der Waals surface area (Å²) in [5, 5.41) is 0. The van der Waals surface area contributed by atoms with Crippen molar-refractivity contribution >= 4 is 7.82 Å². The van der Waals surface area contributed by atoms with Crippen LogP contribution in [0.15, 0.2) is 0 Å². The molecule has 0 aliphatic carbocycles. The summed E-state index contributed by atoms with van der Waals surface area (Å²) >= 11 is 0. The molecule has 0 fully saturated rings. The summed E-state index contributed by atoms with van der Waals surface area (Å²) in [5.74, 6) is 0. The molecule has 0 amide bonds. The van der Waals surface area contributed by atoms with Crippen molar-refractivity contribution in [3.63, 3.8) is 0 Å². The normalized spacial score (nSPS) is 12.0. The van der Waals surface area contributed by atoms with Gasteiger partial charge in [0.2, 0.25) is 0 Å². The fraction of sp³-hybridized carbons (Fsp3) is 1.00. The Balaban J connectivity index is 3.22. The highest BCUT2D eigenvalue weighted by Crippen LogP contribution is 2.43. The van der Waals surface area contributed by atoms with Gasteiger partial charge in [0.25, 0.3) is 0 Å². The van der Waals surface area contributed by atoms with E-state index in [1.807, 2.05) is 0 Å². The van der Waals surface area contributed by atoms with Crippen LogP contribution in [0.2, 0.25) is 0 Å². The van der Waals surface area contributed by atoms with Gasteiger partial charge in [-0.15, -0.1) is 0 Å². The molecule has 0 unspecified atom stereocenters. The first kappa shape index (κ1) is 65.1. The van der Waals surface area contributed by atoms with Crippen LogP contribution in [0.5, 0.6) is 0 Å². The Hall–Kier alpha value is 0.110. The molecule has 0 atom stereocenters. The van der Waals surface area contributed by atoms with Gasteiger partial charge in [0.1, 0.15) is 0 Å². The fourth-order valence-electron chi connectivity index (χ4n) is 9.94. The lowest BCUT2D eigenvalue weighted by atomic mass is 10.0. The van der Waals surface area contributed by atoms with E-state index >= 15 is 0 Å². The van der Waals surface area contributed by atoms with E-state index in [1.54, 1.807) is 0 Å². The van der Waals surface area contributed by atoms with E-state index in [1.165, 1.54) is 334 Å². The Bertz CT molecular complexity index is 815. The molecule has 0 rings (SSSR count). The molecule has 0 aliphatic rings. The number of hydrogen-bond donors (Lipinski definition) is 1. The monoisotopic (exact) mass is 939 g/mol. The number of unbranched alkanes of at least 4 members (excludes halogenated alkanes) is 54. The largest absolute Gasteiger partial charge is 0.472 e. The van der Waals surface area contributed by atoms with E-state index in [2.05, 4.69) is 13.8 Å². The molecule has 4 nitrogen and oxygen atoms in total. The van der Waals surface area contributed by atoms with Gasteiger partial charge in [-0.05, 0) is 12.8 Å². The summed E-state index contributed by atoms with van der Waals surface area (Å²) in [5.41, 5.74) is 0. The maximum absolute atomic E-state index is 12.2. The van der Waals surface area contributed by atoms with Crippen molar-refractivity contribution in [3.8, 4) is 0 Å². The summed E-state index contributed by atoms with van der Waals surface area (Å²) < 4.78 is 22.7. The average molecular weight is 940 g/mol. The molecule has 0 radical (unpaired) electrons. The summed E-state index contributed by atoms with van der Waals surface area (Å²) in [7, 11) is -3.90. The topological polar surface area (TPSA) is 55.8 Å². The first-order chi connectivity index (χ1) is 32.1. The molecule has 65 heavy (non-hydrogen) atoms. The Labute approximate surface area is 411 Å². The van der Waals surface area contributed by atoms with Crippen molar-refractivity contribution in [3.05, 3.63) is 0 Å². The number of rotatable bonds is 60. The summed E-state index contributed by atoms with van der Waals surface area (Å²) in [4.78, 5) is 10.0. The molecule has 1 N–H and O–H groups in total. The number of hydrogen-bond acceptors (Lipinski definition) is 3. The Morgan fingerprint density at radius 3 is 0.446 bits per heavy atom. The van der Waals surface area contributed by atoms with E-state index in [-0.39, 0.29) is 0 Å². The molecule has 5 heteroatoms. The molecule has 0 spiro atoms. The van der Waals surface area contributed by atoms with Crippen molar-refractivity contribution in [2.45, 2.75) is 373 Å². The van der Waals surface area contributed by atoms with Gasteiger partial charge < -0.3 is 4.89 Å². The van der Waals surface area contributed by atoms with Crippen LogP contribution in [0.3, 0.4) is 0 Å². The van der Waals surface area contributed by atoms with E-state index in [4.69, 9.17) is 9.05 Å². The predicted octanol–water partition coefficient (Wildman–Crippen LogP) is 23.0. The van der Waals surface area contributed by atoms with Gasteiger partial charge in [0, 0.05) is 0 Å². The standard InChI is InChI=1S/C60H123O4P/c1-3-5-7-9-11-13-15-17-19-21-23-25-27-29-31-33-35-37-39-41-43-45-47-49-51-53-55-57-59-63-65(61,62)64-60-58-56-54-52-50-48-46-44-42-40-38-36-34-32-30-28-26-24-22-20-18-16-14-12-10-8-6-4-2/h3-60H2,1-2H3,(H,61,62). The van der Waals surface area contributed by atoms with Gasteiger partial charge >= 0.3 is 7.82 Å². The van der Waals surface area contributed by atoms with Crippen molar-refractivity contribution in [2.75, 3.05) is 13.2 Å². The van der Waals surface area contributed by atoms with Crippen molar-refractivity contribution in [2.24, 2.45) is 0 Å². The zero-order valence-electron chi connectivity index (χ0n) is 45.1. The lowest BCUT2D eigenvalue weighted by Crippen LogP contribution is -1.99. The van der Waals surface area contributed by atoms with Crippen LogP contribution < -0.4 is 0 Å². The minimum Gasteiger partial charge on any atom is -0.302 e. The maximum Gasteiger partial charge on any atom is 0.472 e. The summed E-state index contributed by atoms with van der Waals surface area (Å²) in [6, 6.07) is 0. The Morgan fingerprint density at radius 1 is 0.215 bits per heavy atom. The minimum absolute atomic E-state index is 0.326. The molecule has 0 aliphatic heterocycles. The minimum atomic E-state index is -3.90. The van der Waals surface area contributed by atoms with Crippen molar-refractivity contribution in [1.82, 2.24) is 0 Å². The second kappa shape index (κ2) is 58.4. The highest BCUT2D eigenvalue weighted by Gasteiger charge is 2.20. The second-order valence-electron chi connectivity index (χ2n) is 21.2. The van der Waals surface area contributed by atoms with E-state index in [0.717, 1.165) is 25.7 Å². The van der Waals surface area contributed by atoms with Gasteiger partial charge in [-0.2, -0.15) is 0 Å². The van der Waals surface area contributed by atoms with Gasteiger partial charge in [0.15, 0.2) is 0 Å². The van der Waals surface area contributed by atoms with Gasteiger partial charge in [-0.3, -0.25) is 9.05 Å². The first-order valence-electron chi connectivity index (χ1n) is 30.7. The van der Waals surface area contributed by atoms with Crippen molar-refractivity contribution in [1.29, 1.82) is 0 Å².